The molecule has 1 fully saturated rings. The van der Waals surface area contributed by atoms with Crippen molar-refractivity contribution >= 4 is 17.5 Å². The van der Waals surface area contributed by atoms with E-state index >= 15 is 0 Å². The number of carbonyl (C=O) groups is 2. The van der Waals surface area contributed by atoms with Crippen molar-refractivity contribution in [3.8, 4) is 11.5 Å². The molecule has 6 heteroatoms. The fourth-order valence-electron chi connectivity index (χ4n) is 3.08. The Kier molecular flexibility index (Phi) is 5.11. The van der Waals surface area contributed by atoms with Crippen LogP contribution in [0.2, 0.25) is 0 Å². The summed E-state index contributed by atoms with van der Waals surface area (Å²) in [5.41, 5.74) is 1.32. The van der Waals surface area contributed by atoms with Gasteiger partial charge in [-0.2, -0.15) is 0 Å². The van der Waals surface area contributed by atoms with Crippen LogP contribution in [0.25, 0.3) is 0 Å². The van der Waals surface area contributed by atoms with Crippen LogP contribution in [0.3, 0.4) is 0 Å². The van der Waals surface area contributed by atoms with Crippen molar-refractivity contribution in [2.45, 2.75) is 13.0 Å². The first-order valence-corrected chi connectivity index (χ1v) is 8.45. The van der Waals surface area contributed by atoms with Gasteiger partial charge in [0.15, 0.2) is 0 Å². The number of piperazine rings is 1. The predicted octanol–water partition coefficient (Wildman–Crippen LogP) is 2.58. The molecule has 1 aliphatic rings. The maximum Gasteiger partial charge on any atom is 0.254 e. The Morgan fingerprint density at radius 3 is 2.35 bits per heavy atom. The number of hydrogen-bond donors (Lipinski definition) is 0. The van der Waals surface area contributed by atoms with Gasteiger partial charge in [-0.05, 0) is 43.3 Å². The fourth-order valence-corrected chi connectivity index (χ4v) is 3.08. The molecular weight excluding hydrogens is 332 g/mol. The Hall–Kier alpha value is -3.02. The Morgan fingerprint density at radius 2 is 1.69 bits per heavy atom. The SMILES string of the molecule is COc1ccc(C(=O)N2CCN(c3cccc(OC)c3)C(=O)[C@@H]2C)cc1. The maximum absolute atomic E-state index is 12.8. The minimum absolute atomic E-state index is 0.105. The molecule has 0 saturated carbocycles. The molecule has 136 valence electrons. The summed E-state index contributed by atoms with van der Waals surface area (Å²) in [5, 5.41) is 0. The minimum Gasteiger partial charge on any atom is -0.497 e. The van der Waals surface area contributed by atoms with Crippen LogP contribution < -0.4 is 14.4 Å². The average Bonchev–Trinajstić information content (AvgIpc) is 2.69. The van der Waals surface area contributed by atoms with Gasteiger partial charge in [-0.25, -0.2) is 0 Å². The lowest BCUT2D eigenvalue weighted by Crippen LogP contribution is -2.57. The van der Waals surface area contributed by atoms with Crippen LogP contribution in [0.5, 0.6) is 11.5 Å². The van der Waals surface area contributed by atoms with Crippen LogP contribution in [-0.4, -0.2) is 50.1 Å². The molecule has 3 rings (SSSR count). The number of hydrogen-bond acceptors (Lipinski definition) is 4. The van der Waals surface area contributed by atoms with Gasteiger partial charge in [-0.1, -0.05) is 6.07 Å². The van der Waals surface area contributed by atoms with E-state index in [4.69, 9.17) is 9.47 Å². The zero-order valence-electron chi connectivity index (χ0n) is 15.1. The third-order valence-electron chi connectivity index (χ3n) is 4.62. The molecule has 0 spiro atoms. The molecule has 2 aromatic rings. The van der Waals surface area contributed by atoms with Gasteiger partial charge in [0.2, 0.25) is 5.91 Å². The van der Waals surface area contributed by atoms with Crippen LogP contribution in [0.1, 0.15) is 17.3 Å². The summed E-state index contributed by atoms with van der Waals surface area (Å²) < 4.78 is 10.3. The monoisotopic (exact) mass is 354 g/mol. The number of benzene rings is 2. The number of carbonyl (C=O) groups excluding carboxylic acids is 2. The van der Waals surface area contributed by atoms with Crippen LogP contribution in [-0.2, 0) is 4.79 Å². The van der Waals surface area contributed by atoms with Crippen LogP contribution in [0, 0.1) is 0 Å². The summed E-state index contributed by atoms with van der Waals surface area (Å²) in [6, 6.07) is 13.8. The van der Waals surface area contributed by atoms with E-state index in [1.54, 1.807) is 55.2 Å². The molecule has 0 radical (unpaired) electrons. The van der Waals surface area contributed by atoms with Gasteiger partial charge in [0.05, 0.1) is 14.2 Å². The first kappa shape index (κ1) is 17.8. The molecule has 1 saturated heterocycles. The number of rotatable bonds is 4. The van der Waals surface area contributed by atoms with Crippen LogP contribution in [0.15, 0.2) is 48.5 Å². The largest absolute Gasteiger partial charge is 0.497 e. The third-order valence-corrected chi connectivity index (χ3v) is 4.62. The summed E-state index contributed by atoms with van der Waals surface area (Å²) in [6.45, 7) is 2.67. The van der Waals surface area contributed by atoms with Crippen molar-refractivity contribution in [2.75, 3.05) is 32.2 Å². The van der Waals surface area contributed by atoms with Crippen molar-refractivity contribution < 1.29 is 19.1 Å². The molecule has 0 bridgehead atoms. The van der Waals surface area contributed by atoms with E-state index in [1.165, 1.54) is 0 Å². The number of nitrogens with zero attached hydrogens (tertiary/aromatic N) is 2. The Balaban J connectivity index is 1.77. The summed E-state index contributed by atoms with van der Waals surface area (Å²) in [5.74, 6) is 1.12. The van der Waals surface area contributed by atoms with Gasteiger partial charge in [0.25, 0.3) is 5.91 Å². The second kappa shape index (κ2) is 7.47. The Labute approximate surface area is 152 Å². The van der Waals surface area contributed by atoms with E-state index in [0.29, 0.717) is 30.2 Å². The molecule has 1 atom stereocenters. The summed E-state index contributed by atoms with van der Waals surface area (Å²) in [7, 11) is 3.17. The molecule has 0 aromatic heterocycles. The summed E-state index contributed by atoms with van der Waals surface area (Å²) in [4.78, 5) is 28.9. The highest BCUT2D eigenvalue weighted by Gasteiger charge is 2.35. The van der Waals surface area contributed by atoms with Crippen LogP contribution >= 0.6 is 0 Å². The molecule has 6 nitrogen and oxygen atoms in total. The first-order valence-electron chi connectivity index (χ1n) is 8.45. The molecule has 0 unspecified atom stereocenters. The Bertz CT molecular complexity index is 804. The van der Waals surface area contributed by atoms with E-state index in [9.17, 15) is 9.59 Å². The van der Waals surface area contributed by atoms with E-state index in [1.807, 2.05) is 24.3 Å². The quantitative estimate of drug-likeness (QED) is 0.847. The molecule has 2 aromatic carbocycles. The molecule has 0 aliphatic carbocycles. The molecule has 1 heterocycles. The highest BCUT2D eigenvalue weighted by atomic mass is 16.5. The second-order valence-electron chi connectivity index (χ2n) is 6.09. The average molecular weight is 354 g/mol. The van der Waals surface area contributed by atoms with E-state index in [0.717, 1.165) is 5.69 Å². The number of amides is 2. The molecule has 1 aliphatic heterocycles. The molecule has 2 amide bonds. The van der Waals surface area contributed by atoms with Gasteiger partial charge >= 0.3 is 0 Å². The molecular formula is C20H22N2O4. The van der Waals surface area contributed by atoms with Crippen LogP contribution in [0.4, 0.5) is 5.69 Å². The van der Waals surface area contributed by atoms with Crippen molar-refractivity contribution in [3.63, 3.8) is 0 Å². The lowest BCUT2D eigenvalue weighted by molar-refractivity contribution is -0.124. The number of methoxy groups -OCH3 is 2. The highest BCUT2D eigenvalue weighted by molar-refractivity contribution is 6.03. The lowest BCUT2D eigenvalue weighted by Gasteiger charge is -2.39. The standard InChI is InChI=1S/C20H22N2O4/c1-14-19(23)22(16-5-4-6-18(13-16)26-3)12-11-21(14)20(24)15-7-9-17(25-2)10-8-15/h4-10,13-14H,11-12H2,1-3H3/t14-/m0/s1. The topological polar surface area (TPSA) is 59.1 Å². The first-order chi connectivity index (χ1) is 12.5. The maximum atomic E-state index is 12.8. The van der Waals surface area contributed by atoms with Crippen molar-refractivity contribution in [1.82, 2.24) is 4.90 Å². The second-order valence-corrected chi connectivity index (χ2v) is 6.09. The van der Waals surface area contributed by atoms with Gasteiger partial charge in [-0.3, -0.25) is 9.59 Å². The smallest absolute Gasteiger partial charge is 0.254 e. The summed E-state index contributed by atoms with van der Waals surface area (Å²) in [6.07, 6.45) is 0. The lowest BCUT2D eigenvalue weighted by atomic mass is 10.1. The third kappa shape index (κ3) is 3.35. The predicted molar refractivity (Wildman–Crippen MR) is 98.8 cm³/mol. The van der Waals surface area contributed by atoms with Gasteiger partial charge in [-0.15, -0.1) is 0 Å². The van der Waals surface area contributed by atoms with Crippen molar-refractivity contribution in [1.29, 1.82) is 0 Å². The van der Waals surface area contributed by atoms with Gasteiger partial charge < -0.3 is 19.3 Å². The highest BCUT2D eigenvalue weighted by Crippen LogP contribution is 2.25. The van der Waals surface area contributed by atoms with Crippen molar-refractivity contribution in [3.05, 3.63) is 54.1 Å². The Morgan fingerprint density at radius 1 is 1.00 bits per heavy atom. The zero-order chi connectivity index (χ0) is 18.7. The van der Waals surface area contributed by atoms with Gasteiger partial charge in [0, 0.05) is 30.4 Å². The van der Waals surface area contributed by atoms with E-state index < -0.39 is 6.04 Å². The fraction of sp³-hybridized carbons (Fsp3) is 0.300. The van der Waals surface area contributed by atoms with E-state index in [2.05, 4.69) is 0 Å². The molecule has 0 N–H and O–H groups in total. The summed E-state index contributed by atoms with van der Waals surface area (Å²) >= 11 is 0. The number of anilines is 1. The molecule has 26 heavy (non-hydrogen) atoms. The van der Waals surface area contributed by atoms with E-state index in [-0.39, 0.29) is 11.8 Å². The van der Waals surface area contributed by atoms with Crippen molar-refractivity contribution in [2.24, 2.45) is 0 Å². The minimum atomic E-state index is -0.537. The van der Waals surface area contributed by atoms with Gasteiger partial charge in [0.1, 0.15) is 17.5 Å². The normalized spacial score (nSPS) is 17.2. The number of ether oxygens (including phenoxy) is 2. The zero-order valence-corrected chi connectivity index (χ0v) is 15.1.